The van der Waals surface area contributed by atoms with E-state index in [1.54, 1.807) is 0 Å². The summed E-state index contributed by atoms with van der Waals surface area (Å²) in [5.74, 6) is -0.499. The number of nitrogens with zero attached hydrogens (tertiary/aromatic N) is 2. The minimum Gasteiger partial charge on any atom is -0.468 e. The van der Waals surface area contributed by atoms with Crippen molar-refractivity contribution in [3.8, 4) is 6.07 Å². The van der Waals surface area contributed by atoms with E-state index in [0.29, 0.717) is 6.42 Å². The molecule has 1 aromatic rings. The van der Waals surface area contributed by atoms with Gasteiger partial charge in [0.05, 0.1) is 25.1 Å². The largest absolute Gasteiger partial charge is 0.468 e. The highest BCUT2D eigenvalue weighted by molar-refractivity contribution is 5.81. The van der Waals surface area contributed by atoms with Crippen LogP contribution in [0.1, 0.15) is 30.5 Å². The molecule has 20 heavy (non-hydrogen) atoms. The zero-order valence-corrected chi connectivity index (χ0v) is 12.4. The van der Waals surface area contributed by atoms with E-state index in [0.717, 1.165) is 11.1 Å². The van der Waals surface area contributed by atoms with Crippen molar-refractivity contribution in [2.24, 2.45) is 5.92 Å². The van der Waals surface area contributed by atoms with Crippen molar-refractivity contribution in [2.45, 2.75) is 31.8 Å². The molecule has 0 bridgehead atoms. The number of esters is 1. The summed E-state index contributed by atoms with van der Waals surface area (Å²) in [5.41, 5.74) is 1.50. The summed E-state index contributed by atoms with van der Waals surface area (Å²) in [5, 5.41) is 9.46. The molecule has 1 fully saturated rings. The van der Waals surface area contributed by atoms with Crippen LogP contribution in [-0.4, -0.2) is 30.6 Å². The number of aryl methyl sites for hydroxylation is 1. The number of methoxy groups -OCH3 is 1. The van der Waals surface area contributed by atoms with Gasteiger partial charge in [-0.05, 0) is 38.4 Å². The molecule has 1 aliphatic rings. The summed E-state index contributed by atoms with van der Waals surface area (Å²) in [6, 6.07) is 10.3. The maximum absolute atomic E-state index is 12.1. The zero-order chi connectivity index (χ0) is 14.9. The quantitative estimate of drug-likeness (QED) is 0.776. The van der Waals surface area contributed by atoms with Crippen LogP contribution in [0.2, 0.25) is 0 Å². The standard InChI is InChI=1S/C16H20N2O2/c1-11-7-5-6-8-13(11)14-12(10-17)9-16(2,18(14)3)15(19)20-4/h5-8,12,14H,9H2,1-4H3/t12-,14-,16+/m1/s1. The van der Waals surface area contributed by atoms with E-state index in [2.05, 4.69) is 6.07 Å². The van der Waals surface area contributed by atoms with Gasteiger partial charge in [0.25, 0.3) is 0 Å². The lowest BCUT2D eigenvalue weighted by molar-refractivity contribution is -0.152. The van der Waals surface area contributed by atoms with Crippen molar-refractivity contribution >= 4 is 5.97 Å². The van der Waals surface area contributed by atoms with Crippen LogP contribution in [0, 0.1) is 24.2 Å². The molecule has 0 aromatic heterocycles. The average Bonchev–Trinajstić information content (AvgIpc) is 2.72. The third kappa shape index (κ3) is 2.08. The van der Waals surface area contributed by atoms with Crippen molar-refractivity contribution in [1.29, 1.82) is 5.26 Å². The number of ether oxygens (including phenoxy) is 1. The number of likely N-dealkylation sites (tertiary alicyclic amines) is 1. The van der Waals surface area contributed by atoms with Crippen molar-refractivity contribution in [2.75, 3.05) is 14.2 Å². The molecular weight excluding hydrogens is 252 g/mol. The molecule has 4 nitrogen and oxygen atoms in total. The summed E-state index contributed by atoms with van der Waals surface area (Å²) >= 11 is 0. The lowest BCUT2D eigenvalue weighted by atomic mass is 9.90. The highest BCUT2D eigenvalue weighted by atomic mass is 16.5. The molecule has 0 unspecified atom stereocenters. The number of hydrogen-bond acceptors (Lipinski definition) is 4. The van der Waals surface area contributed by atoms with Gasteiger partial charge in [-0.2, -0.15) is 5.26 Å². The monoisotopic (exact) mass is 272 g/mol. The fourth-order valence-corrected chi connectivity index (χ4v) is 3.17. The van der Waals surface area contributed by atoms with E-state index < -0.39 is 5.54 Å². The third-order valence-corrected chi connectivity index (χ3v) is 4.49. The van der Waals surface area contributed by atoms with Crippen molar-refractivity contribution in [1.82, 2.24) is 4.90 Å². The maximum atomic E-state index is 12.1. The van der Waals surface area contributed by atoms with Crippen LogP contribution in [0.15, 0.2) is 24.3 Å². The molecule has 0 amide bonds. The predicted octanol–water partition coefficient (Wildman–Crippen LogP) is 2.44. The Labute approximate surface area is 120 Å². The minimum atomic E-state index is -0.748. The van der Waals surface area contributed by atoms with Gasteiger partial charge in [-0.25, -0.2) is 0 Å². The van der Waals surface area contributed by atoms with Gasteiger partial charge in [-0.1, -0.05) is 24.3 Å². The molecule has 0 spiro atoms. The van der Waals surface area contributed by atoms with Gasteiger partial charge in [0.1, 0.15) is 5.54 Å². The number of benzene rings is 1. The van der Waals surface area contributed by atoms with Crippen molar-refractivity contribution < 1.29 is 9.53 Å². The predicted molar refractivity (Wildman–Crippen MR) is 75.8 cm³/mol. The molecule has 1 aromatic carbocycles. The summed E-state index contributed by atoms with van der Waals surface area (Å²) in [4.78, 5) is 14.1. The van der Waals surface area contributed by atoms with E-state index in [9.17, 15) is 10.1 Å². The van der Waals surface area contributed by atoms with E-state index in [4.69, 9.17) is 4.74 Å². The lowest BCUT2D eigenvalue weighted by Crippen LogP contribution is -2.47. The van der Waals surface area contributed by atoms with Gasteiger partial charge in [-0.15, -0.1) is 0 Å². The second-order valence-electron chi connectivity index (χ2n) is 5.62. The molecule has 0 radical (unpaired) electrons. The molecular formula is C16H20N2O2. The summed E-state index contributed by atoms with van der Waals surface area (Å²) in [6.07, 6.45) is 0.492. The van der Waals surface area contributed by atoms with E-state index in [1.165, 1.54) is 7.11 Å². The van der Waals surface area contributed by atoms with Gasteiger partial charge in [0, 0.05) is 0 Å². The van der Waals surface area contributed by atoms with Gasteiger partial charge >= 0.3 is 5.97 Å². The number of carbonyl (C=O) groups excluding carboxylic acids is 1. The van der Waals surface area contributed by atoms with E-state index in [-0.39, 0.29) is 17.9 Å². The Bertz CT molecular complexity index is 564. The van der Waals surface area contributed by atoms with Crippen molar-refractivity contribution in [3.63, 3.8) is 0 Å². The number of rotatable bonds is 2. The highest BCUT2D eigenvalue weighted by Gasteiger charge is 2.53. The molecule has 106 valence electrons. The first-order valence-electron chi connectivity index (χ1n) is 6.72. The fraction of sp³-hybridized carbons (Fsp3) is 0.500. The normalized spacial score (nSPS) is 29.9. The number of carbonyl (C=O) groups is 1. The SMILES string of the molecule is COC(=O)[C@]1(C)C[C@H](C#N)[C@H](c2ccccc2C)N1C. The molecule has 4 heteroatoms. The molecule has 2 rings (SSSR count). The summed E-state index contributed by atoms with van der Waals surface area (Å²) in [6.45, 7) is 3.88. The van der Waals surface area contributed by atoms with Crippen LogP contribution < -0.4 is 0 Å². The second kappa shape index (κ2) is 5.26. The maximum Gasteiger partial charge on any atom is 0.326 e. The summed E-state index contributed by atoms with van der Waals surface area (Å²) in [7, 11) is 3.29. The van der Waals surface area contributed by atoms with Crippen LogP contribution >= 0.6 is 0 Å². The first-order chi connectivity index (χ1) is 9.45. The lowest BCUT2D eigenvalue weighted by Gasteiger charge is -2.33. The zero-order valence-electron chi connectivity index (χ0n) is 12.4. The van der Waals surface area contributed by atoms with Crippen LogP contribution in [0.4, 0.5) is 0 Å². The van der Waals surface area contributed by atoms with Crippen LogP contribution in [0.25, 0.3) is 0 Å². The average molecular weight is 272 g/mol. The van der Waals surface area contributed by atoms with Crippen LogP contribution in [0.3, 0.4) is 0 Å². The van der Waals surface area contributed by atoms with Crippen LogP contribution in [0.5, 0.6) is 0 Å². The Morgan fingerprint density at radius 3 is 2.70 bits per heavy atom. The Hall–Kier alpha value is -1.86. The molecule has 3 atom stereocenters. The summed E-state index contributed by atoms with van der Waals surface area (Å²) < 4.78 is 4.92. The van der Waals surface area contributed by atoms with Gasteiger partial charge in [0.2, 0.25) is 0 Å². The molecule has 1 saturated heterocycles. The van der Waals surface area contributed by atoms with Crippen LogP contribution in [-0.2, 0) is 9.53 Å². The molecule has 0 N–H and O–H groups in total. The third-order valence-electron chi connectivity index (χ3n) is 4.49. The fourth-order valence-electron chi connectivity index (χ4n) is 3.17. The number of hydrogen-bond donors (Lipinski definition) is 0. The first kappa shape index (κ1) is 14.5. The molecule has 1 aliphatic heterocycles. The van der Waals surface area contributed by atoms with Gasteiger partial charge in [-0.3, -0.25) is 9.69 Å². The van der Waals surface area contributed by atoms with E-state index >= 15 is 0 Å². The minimum absolute atomic E-state index is 0.0784. The molecule has 0 saturated carbocycles. The Morgan fingerprint density at radius 1 is 1.50 bits per heavy atom. The van der Waals surface area contributed by atoms with Gasteiger partial charge < -0.3 is 4.74 Å². The highest BCUT2D eigenvalue weighted by Crippen LogP contribution is 2.46. The smallest absolute Gasteiger partial charge is 0.326 e. The van der Waals surface area contributed by atoms with Gasteiger partial charge in [0.15, 0.2) is 0 Å². The van der Waals surface area contributed by atoms with Crippen molar-refractivity contribution in [3.05, 3.63) is 35.4 Å². The Morgan fingerprint density at radius 2 is 2.15 bits per heavy atom. The number of nitriles is 1. The molecule has 0 aliphatic carbocycles. The number of likely N-dealkylation sites (N-methyl/N-ethyl adjacent to an activating group) is 1. The first-order valence-corrected chi connectivity index (χ1v) is 6.72. The second-order valence-corrected chi connectivity index (χ2v) is 5.62. The topological polar surface area (TPSA) is 53.3 Å². The van der Waals surface area contributed by atoms with E-state index in [1.807, 2.05) is 50.1 Å². The molecule has 1 heterocycles. The Kier molecular flexibility index (Phi) is 3.82. The Balaban J connectivity index is 2.46.